The van der Waals surface area contributed by atoms with Gasteiger partial charge in [0.05, 0.1) is 6.54 Å². The first-order valence-electron chi connectivity index (χ1n) is 15.9. The summed E-state index contributed by atoms with van der Waals surface area (Å²) in [6.07, 6.45) is 1.53. The topological polar surface area (TPSA) is 113 Å². The van der Waals surface area contributed by atoms with Crippen molar-refractivity contribution in [2.75, 3.05) is 24.7 Å². The molecule has 0 aliphatic carbocycles. The van der Waals surface area contributed by atoms with E-state index in [-0.39, 0.29) is 42.5 Å². The summed E-state index contributed by atoms with van der Waals surface area (Å²) in [5.74, 6) is -14.5. The maximum absolute atomic E-state index is 14.7. The number of carbonyl (C=O) groups excluding carboxylic acids is 1. The van der Waals surface area contributed by atoms with Gasteiger partial charge in [-0.05, 0) is 54.0 Å². The summed E-state index contributed by atoms with van der Waals surface area (Å²) in [4.78, 5) is 25.5. The summed E-state index contributed by atoms with van der Waals surface area (Å²) < 4.78 is 110. The van der Waals surface area contributed by atoms with Gasteiger partial charge >= 0.3 is 5.97 Å². The molecule has 2 saturated heterocycles. The van der Waals surface area contributed by atoms with E-state index >= 15 is 0 Å². The lowest BCUT2D eigenvalue weighted by molar-refractivity contribution is -0.125. The van der Waals surface area contributed by atoms with Crippen LogP contribution in [0.2, 0.25) is 0 Å². The minimum absolute atomic E-state index is 0.0250. The van der Waals surface area contributed by atoms with E-state index in [1.807, 2.05) is 12.1 Å². The van der Waals surface area contributed by atoms with Gasteiger partial charge in [0.2, 0.25) is 21.7 Å². The summed E-state index contributed by atoms with van der Waals surface area (Å²) in [6.45, 7) is 0.616. The first-order valence-corrected chi connectivity index (χ1v) is 17.4. The Kier molecular flexibility index (Phi) is 10.4. The van der Waals surface area contributed by atoms with Crippen LogP contribution in [0, 0.1) is 29.1 Å². The fourth-order valence-electron chi connectivity index (χ4n) is 6.12. The number of hydrogen-bond donors (Lipinski definition) is 1. The number of sulfonamides is 1. The van der Waals surface area contributed by atoms with Crippen molar-refractivity contribution in [1.29, 1.82) is 0 Å². The Morgan fingerprint density at radius 2 is 1.45 bits per heavy atom. The van der Waals surface area contributed by atoms with E-state index in [4.69, 9.17) is 9.47 Å². The van der Waals surface area contributed by atoms with Gasteiger partial charge in [0.25, 0.3) is 0 Å². The Balaban J connectivity index is 1.36. The third-order valence-corrected chi connectivity index (χ3v) is 10.9. The van der Waals surface area contributed by atoms with E-state index in [1.165, 1.54) is 18.2 Å². The van der Waals surface area contributed by atoms with Crippen molar-refractivity contribution in [3.05, 3.63) is 124 Å². The molecule has 1 amide bonds. The van der Waals surface area contributed by atoms with Crippen LogP contribution < -0.4 is 9.64 Å². The van der Waals surface area contributed by atoms with Crippen molar-refractivity contribution < 1.29 is 54.5 Å². The number of hydrogen-bond acceptors (Lipinski definition) is 6. The van der Waals surface area contributed by atoms with Crippen molar-refractivity contribution in [2.24, 2.45) is 0 Å². The number of halogens is 5. The number of amides is 1. The van der Waals surface area contributed by atoms with E-state index < -0.39 is 68.5 Å². The Morgan fingerprint density at radius 1 is 0.824 bits per heavy atom. The van der Waals surface area contributed by atoms with Gasteiger partial charge in [0.1, 0.15) is 24.0 Å². The van der Waals surface area contributed by atoms with Gasteiger partial charge in [-0.25, -0.2) is 35.2 Å². The number of rotatable bonds is 11. The molecule has 4 aromatic rings. The number of nitrogens with zero attached hydrogens (tertiary/aromatic N) is 2. The summed E-state index contributed by atoms with van der Waals surface area (Å²) in [5, 5.41) is 9.86. The van der Waals surface area contributed by atoms with Crippen LogP contribution >= 0.6 is 0 Å². The van der Waals surface area contributed by atoms with E-state index in [1.54, 1.807) is 42.5 Å². The molecule has 2 fully saturated rings. The molecule has 6 rings (SSSR count). The quantitative estimate of drug-likeness (QED) is 0.106. The van der Waals surface area contributed by atoms with Gasteiger partial charge in [-0.2, -0.15) is 4.31 Å². The highest BCUT2D eigenvalue weighted by Crippen LogP contribution is 2.36. The van der Waals surface area contributed by atoms with Crippen LogP contribution in [0.25, 0.3) is 0 Å². The summed E-state index contributed by atoms with van der Waals surface area (Å²) in [7, 11) is -5.42. The number of anilines is 1. The monoisotopic (exact) mass is 730 g/mol. The molecule has 0 saturated carbocycles. The number of carboxylic acids is 1. The molecule has 0 spiro atoms. The first-order chi connectivity index (χ1) is 24.4. The Labute approximate surface area is 289 Å². The standard InChI is InChI=1S/C36H31F5N2O7S/c37-29-30(38)32(40)34(33(41)31(29)39)51(47,48)43-15-12-27(43)35(44)42(19-21-6-8-23(9-7-21)24-13-16-49-17-14-24)25-10-11-26(36(45)46)28(18-25)50-20-22-4-2-1-3-5-22/h1-11,18,24,27H,12-17,19-20H2,(H,45,46)/t27-/m1/s1. The molecule has 2 heterocycles. The molecular formula is C36H31F5N2O7S. The lowest BCUT2D eigenvalue weighted by Gasteiger charge is -2.41. The summed E-state index contributed by atoms with van der Waals surface area (Å²) in [5.41, 5.74) is 2.26. The zero-order chi connectivity index (χ0) is 36.4. The van der Waals surface area contributed by atoms with Gasteiger partial charge in [-0.15, -0.1) is 0 Å². The predicted octanol–water partition coefficient (Wildman–Crippen LogP) is 6.55. The van der Waals surface area contributed by atoms with Crippen molar-refractivity contribution in [1.82, 2.24) is 4.31 Å². The van der Waals surface area contributed by atoms with E-state index in [0.29, 0.717) is 23.1 Å². The smallest absolute Gasteiger partial charge is 0.339 e. The van der Waals surface area contributed by atoms with Crippen molar-refractivity contribution >= 4 is 27.6 Å². The van der Waals surface area contributed by atoms with E-state index in [9.17, 15) is 45.1 Å². The first kappa shape index (κ1) is 35.9. The number of benzene rings is 4. The number of carbonyl (C=O) groups is 2. The third-order valence-electron chi connectivity index (χ3n) is 9.02. The van der Waals surface area contributed by atoms with Crippen molar-refractivity contribution in [3.8, 4) is 5.75 Å². The molecule has 4 aromatic carbocycles. The molecule has 9 nitrogen and oxygen atoms in total. The van der Waals surface area contributed by atoms with E-state index in [2.05, 4.69) is 0 Å². The molecule has 0 bridgehead atoms. The third kappa shape index (κ3) is 7.18. The molecule has 2 aliphatic rings. The van der Waals surface area contributed by atoms with E-state index in [0.717, 1.165) is 28.9 Å². The fraction of sp³-hybridized carbons (Fsp3) is 0.278. The highest BCUT2D eigenvalue weighted by atomic mass is 32.2. The molecule has 0 aromatic heterocycles. The van der Waals surface area contributed by atoms with Gasteiger partial charge in [-0.3, -0.25) is 4.79 Å². The van der Waals surface area contributed by atoms with Crippen LogP contribution in [-0.4, -0.2) is 55.5 Å². The minimum Gasteiger partial charge on any atom is -0.488 e. The zero-order valence-corrected chi connectivity index (χ0v) is 27.6. The Hall–Kier alpha value is -4.86. The van der Waals surface area contributed by atoms with Gasteiger partial charge in [0, 0.05) is 31.5 Å². The van der Waals surface area contributed by atoms with Gasteiger partial charge in [0.15, 0.2) is 28.2 Å². The number of carboxylic acid groups (broad SMARTS) is 1. The number of aromatic carboxylic acids is 1. The SMILES string of the molecule is O=C(O)c1ccc(N(Cc2ccc(C3CCOCC3)cc2)C(=O)[C@H]2CCN2S(=O)(=O)c2c(F)c(F)c(F)c(F)c2F)cc1OCc1ccccc1. The van der Waals surface area contributed by atoms with Crippen LogP contribution in [-0.2, 0) is 32.7 Å². The molecule has 1 N–H and O–H groups in total. The van der Waals surface area contributed by atoms with Crippen molar-refractivity contribution in [3.63, 3.8) is 0 Å². The Morgan fingerprint density at radius 3 is 2.04 bits per heavy atom. The summed E-state index contributed by atoms with van der Waals surface area (Å²) in [6, 6.07) is 18.5. The van der Waals surface area contributed by atoms with Gasteiger partial charge in [-0.1, -0.05) is 54.6 Å². The molecule has 15 heteroatoms. The lowest BCUT2D eigenvalue weighted by atomic mass is 9.91. The van der Waals surface area contributed by atoms with Crippen LogP contribution in [0.3, 0.4) is 0 Å². The second-order valence-corrected chi connectivity index (χ2v) is 14.0. The summed E-state index contributed by atoms with van der Waals surface area (Å²) >= 11 is 0. The molecule has 51 heavy (non-hydrogen) atoms. The molecule has 2 aliphatic heterocycles. The molecule has 268 valence electrons. The number of ether oxygens (including phenoxy) is 2. The van der Waals surface area contributed by atoms with Crippen LogP contribution in [0.5, 0.6) is 5.75 Å². The average molecular weight is 731 g/mol. The maximum Gasteiger partial charge on any atom is 0.339 e. The lowest BCUT2D eigenvalue weighted by Crippen LogP contribution is -2.59. The second kappa shape index (κ2) is 14.8. The molecule has 1 atom stereocenters. The predicted molar refractivity (Wildman–Crippen MR) is 173 cm³/mol. The van der Waals surface area contributed by atoms with Crippen molar-refractivity contribution in [2.45, 2.75) is 49.3 Å². The molecular weight excluding hydrogens is 699 g/mol. The molecule has 0 radical (unpaired) electrons. The maximum atomic E-state index is 14.7. The largest absolute Gasteiger partial charge is 0.488 e. The normalized spacial score (nSPS) is 16.8. The van der Waals surface area contributed by atoms with Crippen LogP contribution in [0.1, 0.15) is 52.2 Å². The highest BCUT2D eigenvalue weighted by molar-refractivity contribution is 7.89. The second-order valence-electron chi connectivity index (χ2n) is 12.1. The minimum atomic E-state index is -5.42. The molecule has 0 unspecified atom stereocenters. The Bertz CT molecular complexity index is 2030. The van der Waals surface area contributed by atoms with Gasteiger partial charge < -0.3 is 19.5 Å². The zero-order valence-electron chi connectivity index (χ0n) is 26.8. The van der Waals surface area contributed by atoms with Crippen LogP contribution in [0.4, 0.5) is 27.6 Å². The highest BCUT2D eigenvalue weighted by Gasteiger charge is 2.48. The average Bonchev–Trinajstić information content (AvgIpc) is 3.11. The van der Waals surface area contributed by atoms with Crippen LogP contribution in [0.15, 0.2) is 77.7 Å². The fourth-order valence-corrected chi connectivity index (χ4v) is 7.86.